The summed E-state index contributed by atoms with van der Waals surface area (Å²) in [5, 5.41) is 3.38. The van der Waals surface area contributed by atoms with Crippen LogP contribution in [0.5, 0.6) is 0 Å². The molecule has 0 radical (unpaired) electrons. The van der Waals surface area contributed by atoms with Crippen molar-refractivity contribution in [1.82, 2.24) is 19.9 Å². The van der Waals surface area contributed by atoms with Crippen molar-refractivity contribution in [2.24, 2.45) is 0 Å². The summed E-state index contributed by atoms with van der Waals surface area (Å²) in [4.78, 5) is 20.2. The molecule has 0 fully saturated rings. The van der Waals surface area contributed by atoms with Gasteiger partial charge in [-0.2, -0.15) is 4.98 Å². The largest absolute Gasteiger partial charge is 0.376 e. The van der Waals surface area contributed by atoms with Gasteiger partial charge >= 0.3 is 0 Å². The van der Waals surface area contributed by atoms with E-state index in [9.17, 15) is 0 Å². The molecule has 178 valence electrons. The van der Waals surface area contributed by atoms with Crippen LogP contribution >= 0.6 is 0 Å². The smallest absolute Gasteiger partial charge is 0.207 e. The Labute approximate surface area is 201 Å². The molecule has 7 nitrogen and oxygen atoms in total. The lowest BCUT2D eigenvalue weighted by molar-refractivity contribution is 0.122. The molecular weight excluding hydrogens is 424 g/mol. The number of aromatic amines is 1. The van der Waals surface area contributed by atoms with Crippen molar-refractivity contribution in [3.05, 3.63) is 71.5 Å². The second kappa shape index (κ2) is 11.6. The highest BCUT2D eigenvalue weighted by molar-refractivity contribution is 5.85. The van der Waals surface area contributed by atoms with Gasteiger partial charge in [0.2, 0.25) is 5.95 Å². The Morgan fingerprint density at radius 2 is 1.74 bits per heavy atom. The van der Waals surface area contributed by atoms with E-state index in [1.165, 1.54) is 5.56 Å². The van der Waals surface area contributed by atoms with Gasteiger partial charge in [0.05, 0.1) is 13.2 Å². The van der Waals surface area contributed by atoms with Crippen LogP contribution in [-0.4, -0.2) is 39.6 Å². The molecule has 34 heavy (non-hydrogen) atoms. The zero-order valence-corrected chi connectivity index (χ0v) is 20.3. The summed E-state index contributed by atoms with van der Waals surface area (Å²) in [6, 6.07) is 18.4. The van der Waals surface area contributed by atoms with Crippen molar-refractivity contribution in [2.45, 2.75) is 46.6 Å². The lowest BCUT2D eigenvalue weighted by Gasteiger charge is -2.23. The van der Waals surface area contributed by atoms with E-state index in [-0.39, 0.29) is 0 Å². The van der Waals surface area contributed by atoms with E-state index < -0.39 is 0 Å². The minimum atomic E-state index is 0.556. The SMILES string of the molecule is CCCN(CCC)c1nc(CCOCc2ccccc2)nc2nc(Nc3cccc(C)c3)[nH]c12. The Kier molecular flexibility index (Phi) is 8.09. The van der Waals surface area contributed by atoms with E-state index >= 15 is 0 Å². The number of aryl methyl sites for hydroxylation is 1. The molecule has 2 heterocycles. The van der Waals surface area contributed by atoms with Gasteiger partial charge in [0.1, 0.15) is 11.3 Å². The minimum Gasteiger partial charge on any atom is -0.376 e. The van der Waals surface area contributed by atoms with Crippen LogP contribution in [0.3, 0.4) is 0 Å². The molecule has 0 unspecified atom stereocenters. The molecule has 0 aliphatic heterocycles. The summed E-state index contributed by atoms with van der Waals surface area (Å²) >= 11 is 0. The third-order valence-corrected chi connectivity index (χ3v) is 5.53. The number of anilines is 3. The third-order valence-electron chi connectivity index (χ3n) is 5.53. The molecule has 0 spiro atoms. The maximum absolute atomic E-state index is 5.89. The molecule has 0 bridgehead atoms. The number of rotatable bonds is 12. The van der Waals surface area contributed by atoms with Crippen LogP contribution in [-0.2, 0) is 17.8 Å². The highest BCUT2D eigenvalue weighted by atomic mass is 16.5. The van der Waals surface area contributed by atoms with Gasteiger partial charge in [0, 0.05) is 25.2 Å². The average Bonchev–Trinajstić information content (AvgIpc) is 3.24. The highest BCUT2D eigenvalue weighted by Crippen LogP contribution is 2.26. The topological polar surface area (TPSA) is 79.0 Å². The standard InChI is InChI=1S/C27H34N6O/c1-4-15-33(16-5-2)26-24-25(32-27(31-24)28-22-13-9-10-20(3)18-22)29-23(30-26)14-17-34-19-21-11-7-6-8-12-21/h6-13,18H,4-5,14-17,19H2,1-3H3,(H2,28,29,30,31,32). The number of nitrogens with one attached hydrogen (secondary N) is 2. The molecule has 2 N–H and O–H groups in total. The number of H-pyrrole nitrogens is 1. The lowest BCUT2D eigenvalue weighted by Crippen LogP contribution is -2.27. The van der Waals surface area contributed by atoms with E-state index in [0.717, 1.165) is 54.3 Å². The lowest BCUT2D eigenvalue weighted by atomic mass is 10.2. The number of benzene rings is 2. The quantitative estimate of drug-likeness (QED) is 0.262. The Bertz CT molecular complexity index is 1180. The number of fused-ring (bicyclic) bond motifs is 1. The fourth-order valence-corrected chi connectivity index (χ4v) is 3.98. The predicted molar refractivity (Wildman–Crippen MR) is 139 cm³/mol. The maximum Gasteiger partial charge on any atom is 0.207 e. The first-order valence-corrected chi connectivity index (χ1v) is 12.1. The summed E-state index contributed by atoms with van der Waals surface area (Å²) in [5.41, 5.74) is 4.88. The van der Waals surface area contributed by atoms with Crippen molar-refractivity contribution in [2.75, 3.05) is 29.9 Å². The molecule has 7 heteroatoms. The number of hydrogen-bond acceptors (Lipinski definition) is 6. The van der Waals surface area contributed by atoms with Crippen molar-refractivity contribution in [1.29, 1.82) is 0 Å². The zero-order chi connectivity index (χ0) is 23.8. The van der Waals surface area contributed by atoms with Gasteiger partial charge in [0.15, 0.2) is 11.5 Å². The number of aromatic nitrogens is 4. The van der Waals surface area contributed by atoms with Gasteiger partial charge in [-0.05, 0) is 43.0 Å². The summed E-state index contributed by atoms with van der Waals surface area (Å²) in [5.74, 6) is 2.33. The Balaban J connectivity index is 1.57. The second-order valence-corrected chi connectivity index (χ2v) is 8.52. The molecule has 2 aromatic carbocycles. The van der Waals surface area contributed by atoms with Crippen molar-refractivity contribution >= 4 is 28.6 Å². The van der Waals surface area contributed by atoms with E-state index in [1.807, 2.05) is 30.3 Å². The number of imidazole rings is 1. The normalized spacial score (nSPS) is 11.1. The van der Waals surface area contributed by atoms with Crippen LogP contribution in [0.1, 0.15) is 43.6 Å². The molecule has 4 rings (SSSR count). The molecule has 2 aromatic heterocycles. The number of ether oxygens (including phenoxy) is 1. The fraction of sp³-hybridized carbons (Fsp3) is 0.370. The molecular formula is C27H34N6O. The zero-order valence-electron chi connectivity index (χ0n) is 20.3. The van der Waals surface area contributed by atoms with Crippen LogP contribution in [0.15, 0.2) is 54.6 Å². The Hall–Kier alpha value is -3.45. The van der Waals surface area contributed by atoms with Crippen LogP contribution < -0.4 is 10.2 Å². The molecule has 4 aromatic rings. The maximum atomic E-state index is 5.89. The van der Waals surface area contributed by atoms with Crippen molar-refractivity contribution in [3.8, 4) is 0 Å². The molecule has 0 saturated carbocycles. The Morgan fingerprint density at radius 3 is 2.47 bits per heavy atom. The number of nitrogens with zero attached hydrogens (tertiary/aromatic N) is 4. The summed E-state index contributed by atoms with van der Waals surface area (Å²) in [7, 11) is 0. The monoisotopic (exact) mass is 458 g/mol. The summed E-state index contributed by atoms with van der Waals surface area (Å²) in [6.07, 6.45) is 2.72. The first kappa shape index (κ1) is 23.7. The van der Waals surface area contributed by atoms with Crippen LogP contribution in [0.4, 0.5) is 17.5 Å². The van der Waals surface area contributed by atoms with E-state index in [2.05, 4.69) is 60.2 Å². The molecule has 0 aliphatic rings. The predicted octanol–water partition coefficient (Wildman–Crippen LogP) is 5.79. The first-order valence-electron chi connectivity index (χ1n) is 12.1. The van der Waals surface area contributed by atoms with Crippen LogP contribution in [0, 0.1) is 6.92 Å². The third kappa shape index (κ3) is 6.11. The van der Waals surface area contributed by atoms with Gasteiger partial charge < -0.3 is 19.9 Å². The van der Waals surface area contributed by atoms with Gasteiger partial charge in [-0.25, -0.2) is 9.97 Å². The summed E-state index contributed by atoms with van der Waals surface area (Å²) < 4.78 is 5.89. The molecule has 0 aliphatic carbocycles. The van der Waals surface area contributed by atoms with E-state index in [4.69, 9.17) is 19.7 Å². The van der Waals surface area contributed by atoms with Gasteiger partial charge in [-0.15, -0.1) is 0 Å². The highest BCUT2D eigenvalue weighted by Gasteiger charge is 2.18. The van der Waals surface area contributed by atoms with Gasteiger partial charge in [0.25, 0.3) is 0 Å². The van der Waals surface area contributed by atoms with E-state index in [1.54, 1.807) is 0 Å². The van der Waals surface area contributed by atoms with E-state index in [0.29, 0.717) is 31.2 Å². The van der Waals surface area contributed by atoms with Crippen LogP contribution in [0.25, 0.3) is 11.2 Å². The van der Waals surface area contributed by atoms with Crippen LogP contribution in [0.2, 0.25) is 0 Å². The fourth-order valence-electron chi connectivity index (χ4n) is 3.98. The van der Waals surface area contributed by atoms with Crippen molar-refractivity contribution < 1.29 is 4.74 Å². The molecule has 0 amide bonds. The van der Waals surface area contributed by atoms with Gasteiger partial charge in [-0.1, -0.05) is 56.3 Å². The van der Waals surface area contributed by atoms with Gasteiger partial charge in [-0.3, -0.25) is 0 Å². The summed E-state index contributed by atoms with van der Waals surface area (Å²) in [6.45, 7) is 9.47. The average molecular weight is 459 g/mol. The minimum absolute atomic E-state index is 0.556. The first-order chi connectivity index (χ1) is 16.7. The Morgan fingerprint density at radius 1 is 0.941 bits per heavy atom. The van der Waals surface area contributed by atoms with Crippen molar-refractivity contribution in [3.63, 3.8) is 0 Å². The number of hydrogen-bond donors (Lipinski definition) is 2. The molecule has 0 atom stereocenters. The molecule has 0 saturated heterocycles. The second-order valence-electron chi connectivity index (χ2n) is 8.52.